The van der Waals surface area contributed by atoms with Crippen LogP contribution in [0.25, 0.3) is 0 Å². The van der Waals surface area contributed by atoms with E-state index < -0.39 is 0 Å². The number of thiocarbonyl (C=S) groups is 1. The second kappa shape index (κ2) is 8.17. The van der Waals surface area contributed by atoms with Crippen LogP contribution in [-0.4, -0.2) is 41.2 Å². The van der Waals surface area contributed by atoms with Crippen LogP contribution in [0, 0.1) is 13.8 Å². The number of anilines is 2. The average molecular weight is 430 g/mol. The molecule has 1 saturated heterocycles. The molecular weight excluding hydrogens is 411 g/mol. The Morgan fingerprint density at radius 3 is 2.27 bits per heavy atom. The lowest BCUT2D eigenvalue weighted by Crippen LogP contribution is -2.50. The maximum Gasteiger partial charge on any atom is 0.174 e. The molecule has 1 aromatic carbocycles. The van der Waals surface area contributed by atoms with Gasteiger partial charge in [0.25, 0.3) is 0 Å². The van der Waals surface area contributed by atoms with Crippen LogP contribution < -0.4 is 10.2 Å². The molecule has 8 heteroatoms. The van der Waals surface area contributed by atoms with E-state index >= 15 is 0 Å². The first-order valence-electron chi connectivity index (χ1n) is 8.24. The van der Waals surface area contributed by atoms with Gasteiger partial charge in [-0.1, -0.05) is 34.8 Å². The first-order valence-corrected chi connectivity index (χ1v) is 9.78. The molecular formula is C18H19Cl3N4S. The molecule has 0 amide bonds. The number of hydrogen-bond acceptors (Lipinski definition) is 3. The summed E-state index contributed by atoms with van der Waals surface area (Å²) in [5.41, 5.74) is 3.02. The van der Waals surface area contributed by atoms with Gasteiger partial charge in [0.2, 0.25) is 0 Å². The normalized spacial score (nSPS) is 14.5. The molecule has 0 bridgehead atoms. The molecule has 1 aliphatic heterocycles. The molecule has 1 N–H and O–H groups in total. The summed E-state index contributed by atoms with van der Waals surface area (Å²) < 4.78 is 0. The number of nitrogens with one attached hydrogen (secondary N) is 1. The van der Waals surface area contributed by atoms with Gasteiger partial charge in [0, 0.05) is 31.9 Å². The predicted octanol–water partition coefficient (Wildman–Crippen LogP) is 5.18. The number of aryl methyl sites for hydroxylation is 2. The highest BCUT2D eigenvalue weighted by molar-refractivity contribution is 7.80. The van der Waals surface area contributed by atoms with Crippen molar-refractivity contribution in [1.82, 2.24) is 9.88 Å². The third kappa shape index (κ3) is 4.52. The van der Waals surface area contributed by atoms with E-state index in [-0.39, 0.29) is 0 Å². The molecule has 0 spiro atoms. The zero-order valence-electron chi connectivity index (χ0n) is 14.5. The van der Waals surface area contributed by atoms with E-state index in [2.05, 4.69) is 20.1 Å². The van der Waals surface area contributed by atoms with Crippen molar-refractivity contribution >= 4 is 63.6 Å². The van der Waals surface area contributed by atoms with Gasteiger partial charge in [0.15, 0.2) is 5.11 Å². The Labute approximate surface area is 174 Å². The summed E-state index contributed by atoms with van der Waals surface area (Å²) in [6, 6.07) is 7.53. The number of hydrogen-bond donors (Lipinski definition) is 1. The number of piperazine rings is 1. The Balaban J connectivity index is 1.63. The number of halogens is 3. The van der Waals surface area contributed by atoms with Crippen molar-refractivity contribution in [2.45, 2.75) is 13.8 Å². The molecule has 1 aliphatic rings. The van der Waals surface area contributed by atoms with Crippen LogP contribution in [0.1, 0.15) is 11.3 Å². The van der Waals surface area contributed by atoms with Crippen LogP contribution in [0.15, 0.2) is 24.3 Å². The standard InChI is InChI=1S/C18H19Cl3N4S/c1-11-7-12(2)22-17(8-11)23-18(26)25-5-3-24(4-6-25)16-10-14(20)13(19)9-15(16)21/h7-10H,3-6H2,1-2H3,(H,22,23,26). The van der Waals surface area contributed by atoms with Gasteiger partial charge in [-0.25, -0.2) is 4.98 Å². The summed E-state index contributed by atoms with van der Waals surface area (Å²) in [7, 11) is 0. The molecule has 0 saturated carbocycles. The Morgan fingerprint density at radius 2 is 1.62 bits per heavy atom. The van der Waals surface area contributed by atoms with Gasteiger partial charge in [-0.15, -0.1) is 0 Å². The molecule has 3 rings (SSSR count). The Hall–Kier alpha value is -1.27. The topological polar surface area (TPSA) is 31.4 Å². The van der Waals surface area contributed by atoms with Crippen LogP contribution in [0.4, 0.5) is 11.5 Å². The van der Waals surface area contributed by atoms with Gasteiger partial charge >= 0.3 is 0 Å². The van der Waals surface area contributed by atoms with E-state index in [1.807, 2.05) is 32.0 Å². The van der Waals surface area contributed by atoms with Crippen LogP contribution in [0.2, 0.25) is 15.1 Å². The van der Waals surface area contributed by atoms with Gasteiger partial charge in [-0.3, -0.25) is 0 Å². The second-order valence-electron chi connectivity index (χ2n) is 6.29. The summed E-state index contributed by atoms with van der Waals surface area (Å²) in [5.74, 6) is 0.780. The first kappa shape index (κ1) is 19.5. The van der Waals surface area contributed by atoms with Crippen molar-refractivity contribution in [3.63, 3.8) is 0 Å². The van der Waals surface area contributed by atoms with E-state index in [1.165, 1.54) is 0 Å². The molecule has 0 atom stereocenters. The third-order valence-electron chi connectivity index (χ3n) is 4.23. The average Bonchev–Trinajstić information content (AvgIpc) is 2.57. The maximum absolute atomic E-state index is 6.33. The highest BCUT2D eigenvalue weighted by Crippen LogP contribution is 2.35. The van der Waals surface area contributed by atoms with E-state index in [0.717, 1.165) is 48.9 Å². The molecule has 2 aromatic rings. The van der Waals surface area contributed by atoms with E-state index in [1.54, 1.807) is 6.07 Å². The Morgan fingerprint density at radius 1 is 0.962 bits per heavy atom. The van der Waals surface area contributed by atoms with Crippen molar-refractivity contribution in [3.8, 4) is 0 Å². The molecule has 1 fully saturated rings. The third-order valence-corrected chi connectivity index (χ3v) is 5.62. The lowest BCUT2D eigenvalue weighted by atomic mass is 10.2. The SMILES string of the molecule is Cc1cc(C)nc(NC(=S)N2CCN(c3cc(Cl)c(Cl)cc3Cl)CC2)c1. The fourth-order valence-electron chi connectivity index (χ4n) is 3.00. The minimum atomic E-state index is 0.463. The van der Waals surface area contributed by atoms with Gasteiger partial charge in [0.05, 0.1) is 20.8 Å². The van der Waals surface area contributed by atoms with Gasteiger partial charge in [-0.05, 0) is 55.9 Å². The molecule has 0 aliphatic carbocycles. The minimum Gasteiger partial charge on any atom is -0.367 e. The Kier molecular flexibility index (Phi) is 6.13. The lowest BCUT2D eigenvalue weighted by Gasteiger charge is -2.37. The van der Waals surface area contributed by atoms with E-state index in [9.17, 15) is 0 Å². The quantitative estimate of drug-likeness (QED) is 0.525. The van der Waals surface area contributed by atoms with Crippen LogP contribution in [-0.2, 0) is 0 Å². The maximum atomic E-state index is 6.33. The van der Waals surface area contributed by atoms with Crippen LogP contribution in [0.5, 0.6) is 0 Å². The number of rotatable bonds is 2. The summed E-state index contributed by atoms with van der Waals surface area (Å²) in [6.45, 7) is 7.17. The zero-order valence-corrected chi connectivity index (χ0v) is 17.6. The highest BCUT2D eigenvalue weighted by atomic mass is 35.5. The first-order chi connectivity index (χ1) is 12.3. The largest absolute Gasteiger partial charge is 0.367 e. The number of benzene rings is 1. The zero-order chi connectivity index (χ0) is 18.8. The molecule has 4 nitrogen and oxygen atoms in total. The number of pyridine rings is 1. The summed E-state index contributed by atoms with van der Waals surface area (Å²) in [4.78, 5) is 8.81. The molecule has 1 aromatic heterocycles. The smallest absolute Gasteiger partial charge is 0.174 e. The van der Waals surface area contributed by atoms with Crippen LogP contribution >= 0.6 is 47.0 Å². The van der Waals surface area contributed by atoms with E-state index in [4.69, 9.17) is 47.0 Å². The minimum absolute atomic E-state index is 0.463. The Bertz CT molecular complexity index is 815. The molecule has 138 valence electrons. The second-order valence-corrected chi connectivity index (χ2v) is 7.90. The van der Waals surface area contributed by atoms with Gasteiger partial charge in [-0.2, -0.15) is 0 Å². The van der Waals surface area contributed by atoms with Gasteiger partial charge in [0.1, 0.15) is 5.82 Å². The fourth-order valence-corrected chi connectivity index (χ4v) is 3.95. The molecule has 2 heterocycles. The van der Waals surface area contributed by atoms with Crippen LogP contribution in [0.3, 0.4) is 0 Å². The van der Waals surface area contributed by atoms with Gasteiger partial charge < -0.3 is 15.1 Å². The predicted molar refractivity (Wildman–Crippen MR) is 115 cm³/mol. The monoisotopic (exact) mass is 428 g/mol. The van der Waals surface area contributed by atoms with E-state index in [0.29, 0.717) is 20.2 Å². The summed E-state index contributed by atoms with van der Waals surface area (Å²) in [6.07, 6.45) is 0. The highest BCUT2D eigenvalue weighted by Gasteiger charge is 2.21. The molecule has 0 unspecified atom stereocenters. The van der Waals surface area contributed by atoms with Crippen molar-refractivity contribution in [2.75, 3.05) is 36.4 Å². The number of nitrogens with zero attached hydrogens (tertiary/aromatic N) is 3. The molecule has 0 radical (unpaired) electrons. The van der Waals surface area contributed by atoms with Crippen molar-refractivity contribution in [3.05, 3.63) is 50.6 Å². The van der Waals surface area contributed by atoms with Crippen molar-refractivity contribution in [2.24, 2.45) is 0 Å². The van der Waals surface area contributed by atoms with Crippen molar-refractivity contribution < 1.29 is 0 Å². The molecule has 26 heavy (non-hydrogen) atoms. The fraction of sp³-hybridized carbons (Fsp3) is 0.333. The number of aromatic nitrogens is 1. The summed E-state index contributed by atoms with van der Waals surface area (Å²) >= 11 is 24.0. The van der Waals surface area contributed by atoms with Crippen molar-refractivity contribution in [1.29, 1.82) is 0 Å². The summed E-state index contributed by atoms with van der Waals surface area (Å²) in [5, 5.41) is 5.50. The lowest BCUT2D eigenvalue weighted by molar-refractivity contribution is 0.391.